The van der Waals surface area contributed by atoms with E-state index in [1.165, 1.54) is 0 Å². The van der Waals surface area contributed by atoms with Crippen LogP contribution in [0.25, 0.3) is 0 Å². The maximum atomic E-state index is 12.5. The van der Waals surface area contributed by atoms with E-state index in [4.69, 9.17) is 4.74 Å². The molecule has 1 unspecified atom stereocenters. The van der Waals surface area contributed by atoms with Gasteiger partial charge in [0.05, 0.1) is 6.10 Å². The van der Waals surface area contributed by atoms with Gasteiger partial charge in [-0.25, -0.2) is 8.78 Å². The van der Waals surface area contributed by atoms with Crippen LogP contribution in [0.3, 0.4) is 0 Å². The highest BCUT2D eigenvalue weighted by atomic mass is 19.3. The number of halogens is 2. The molecule has 0 saturated heterocycles. The zero-order chi connectivity index (χ0) is 10.6. The molecular formula is C11H18F2O. The molecule has 0 N–H and O–H groups in total. The summed E-state index contributed by atoms with van der Waals surface area (Å²) < 4.78 is 30.5. The third kappa shape index (κ3) is 3.37. The molecule has 1 atom stereocenters. The molecular weight excluding hydrogens is 186 g/mol. The molecule has 0 radical (unpaired) electrons. The van der Waals surface area contributed by atoms with Gasteiger partial charge in [-0.3, -0.25) is 0 Å². The van der Waals surface area contributed by atoms with E-state index in [0.29, 0.717) is 6.61 Å². The summed E-state index contributed by atoms with van der Waals surface area (Å²) in [7, 11) is 0. The summed E-state index contributed by atoms with van der Waals surface area (Å²) in [6.45, 7) is 6.20. The van der Waals surface area contributed by atoms with E-state index in [1.807, 2.05) is 6.92 Å². The van der Waals surface area contributed by atoms with Gasteiger partial charge in [-0.1, -0.05) is 6.08 Å². The summed E-state index contributed by atoms with van der Waals surface area (Å²) in [5.41, 5.74) is 0. The first-order valence-corrected chi connectivity index (χ1v) is 5.17. The smallest absolute Gasteiger partial charge is 0.248 e. The largest absolute Gasteiger partial charge is 0.378 e. The second kappa shape index (κ2) is 4.87. The van der Waals surface area contributed by atoms with Gasteiger partial charge in [0.15, 0.2) is 0 Å². The molecule has 0 bridgehead atoms. The first-order valence-electron chi connectivity index (χ1n) is 5.17. The Morgan fingerprint density at radius 2 is 2.21 bits per heavy atom. The standard InChI is InChI=1S/C11H18F2O/c1-3-5-10(14-4-2)6-9-7-11(12,13)8-9/h3,9-10H,1,4-8H2,2H3. The van der Waals surface area contributed by atoms with Crippen molar-refractivity contribution >= 4 is 0 Å². The van der Waals surface area contributed by atoms with Crippen LogP contribution in [0.2, 0.25) is 0 Å². The van der Waals surface area contributed by atoms with Crippen molar-refractivity contribution in [3.63, 3.8) is 0 Å². The van der Waals surface area contributed by atoms with Crippen molar-refractivity contribution in [3.05, 3.63) is 12.7 Å². The molecule has 82 valence electrons. The molecule has 0 aromatic rings. The van der Waals surface area contributed by atoms with Gasteiger partial charge in [0.1, 0.15) is 0 Å². The van der Waals surface area contributed by atoms with Gasteiger partial charge >= 0.3 is 0 Å². The lowest BCUT2D eigenvalue weighted by Gasteiger charge is -2.36. The van der Waals surface area contributed by atoms with Crippen molar-refractivity contribution in [2.45, 2.75) is 44.6 Å². The molecule has 0 aromatic carbocycles. The van der Waals surface area contributed by atoms with E-state index in [1.54, 1.807) is 6.08 Å². The highest BCUT2D eigenvalue weighted by Gasteiger charge is 2.45. The van der Waals surface area contributed by atoms with E-state index >= 15 is 0 Å². The molecule has 0 aromatic heterocycles. The Morgan fingerprint density at radius 1 is 1.57 bits per heavy atom. The van der Waals surface area contributed by atoms with Gasteiger partial charge in [-0.15, -0.1) is 6.58 Å². The molecule has 1 saturated carbocycles. The van der Waals surface area contributed by atoms with Crippen LogP contribution in [-0.4, -0.2) is 18.6 Å². The first-order chi connectivity index (χ1) is 6.57. The van der Waals surface area contributed by atoms with Crippen LogP contribution in [0.1, 0.15) is 32.6 Å². The Bertz CT molecular complexity index is 184. The quantitative estimate of drug-likeness (QED) is 0.602. The number of ether oxygens (including phenoxy) is 1. The zero-order valence-corrected chi connectivity index (χ0v) is 8.64. The van der Waals surface area contributed by atoms with Crippen molar-refractivity contribution in [1.82, 2.24) is 0 Å². The third-order valence-corrected chi connectivity index (χ3v) is 2.60. The average Bonchev–Trinajstić information content (AvgIpc) is 2.01. The van der Waals surface area contributed by atoms with Gasteiger partial charge in [0.2, 0.25) is 5.92 Å². The van der Waals surface area contributed by atoms with Crippen LogP contribution in [-0.2, 0) is 4.74 Å². The fourth-order valence-electron chi connectivity index (χ4n) is 1.98. The Hall–Kier alpha value is -0.440. The van der Waals surface area contributed by atoms with Crippen molar-refractivity contribution in [1.29, 1.82) is 0 Å². The highest BCUT2D eigenvalue weighted by Crippen LogP contribution is 2.44. The maximum absolute atomic E-state index is 12.5. The highest BCUT2D eigenvalue weighted by molar-refractivity contribution is 4.88. The van der Waals surface area contributed by atoms with Crippen LogP contribution >= 0.6 is 0 Å². The molecule has 0 aliphatic heterocycles. The molecule has 0 spiro atoms. The molecule has 3 heteroatoms. The number of hydrogen-bond donors (Lipinski definition) is 0. The predicted octanol–water partition coefficient (Wildman–Crippen LogP) is 3.40. The van der Waals surface area contributed by atoms with Crippen LogP contribution in [0, 0.1) is 5.92 Å². The Kier molecular flexibility index (Phi) is 4.05. The lowest BCUT2D eigenvalue weighted by Crippen LogP contribution is -2.37. The third-order valence-electron chi connectivity index (χ3n) is 2.60. The van der Waals surface area contributed by atoms with E-state index in [2.05, 4.69) is 6.58 Å². The number of alkyl halides is 2. The topological polar surface area (TPSA) is 9.23 Å². The summed E-state index contributed by atoms with van der Waals surface area (Å²) >= 11 is 0. The van der Waals surface area contributed by atoms with Crippen LogP contribution in [0.4, 0.5) is 8.78 Å². The second-order valence-electron chi connectivity index (χ2n) is 3.97. The summed E-state index contributed by atoms with van der Waals surface area (Å²) in [5, 5.41) is 0. The monoisotopic (exact) mass is 204 g/mol. The first kappa shape index (κ1) is 11.6. The Labute approximate surface area is 84.1 Å². The van der Waals surface area contributed by atoms with Crippen molar-refractivity contribution in [3.8, 4) is 0 Å². The van der Waals surface area contributed by atoms with Crippen molar-refractivity contribution < 1.29 is 13.5 Å². The molecule has 1 nitrogen and oxygen atoms in total. The Balaban J connectivity index is 2.23. The zero-order valence-electron chi connectivity index (χ0n) is 8.64. The van der Waals surface area contributed by atoms with Gasteiger partial charge < -0.3 is 4.74 Å². The van der Waals surface area contributed by atoms with E-state index in [0.717, 1.165) is 12.8 Å². The lowest BCUT2D eigenvalue weighted by molar-refractivity contribution is -0.122. The van der Waals surface area contributed by atoms with Crippen LogP contribution in [0.15, 0.2) is 12.7 Å². The minimum absolute atomic E-state index is 0.0354. The summed E-state index contributed by atoms with van der Waals surface area (Å²) in [5.74, 6) is -2.27. The van der Waals surface area contributed by atoms with Gasteiger partial charge in [-0.05, 0) is 25.7 Å². The van der Waals surface area contributed by atoms with Crippen LogP contribution < -0.4 is 0 Å². The fraction of sp³-hybridized carbons (Fsp3) is 0.818. The molecule has 0 heterocycles. The lowest BCUT2D eigenvalue weighted by atomic mass is 9.77. The summed E-state index contributed by atoms with van der Waals surface area (Å²) in [4.78, 5) is 0. The van der Waals surface area contributed by atoms with E-state index < -0.39 is 5.92 Å². The van der Waals surface area contributed by atoms with E-state index in [9.17, 15) is 8.78 Å². The normalized spacial score (nSPS) is 22.8. The minimum Gasteiger partial charge on any atom is -0.378 e. The molecule has 1 rings (SSSR count). The fourth-order valence-corrected chi connectivity index (χ4v) is 1.98. The maximum Gasteiger partial charge on any atom is 0.248 e. The SMILES string of the molecule is C=CCC(CC1CC(F)(F)C1)OCC. The molecule has 1 fully saturated rings. The predicted molar refractivity (Wildman–Crippen MR) is 52.5 cm³/mol. The molecule has 1 aliphatic carbocycles. The van der Waals surface area contributed by atoms with Gasteiger partial charge in [0.25, 0.3) is 0 Å². The molecule has 1 aliphatic rings. The van der Waals surface area contributed by atoms with Gasteiger partial charge in [0, 0.05) is 19.4 Å². The Morgan fingerprint density at radius 3 is 2.64 bits per heavy atom. The van der Waals surface area contributed by atoms with E-state index in [-0.39, 0.29) is 24.9 Å². The summed E-state index contributed by atoms with van der Waals surface area (Å²) in [6, 6.07) is 0. The van der Waals surface area contributed by atoms with Crippen molar-refractivity contribution in [2.24, 2.45) is 5.92 Å². The van der Waals surface area contributed by atoms with Crippen LogP contribution in [0.5, 0.6) is 0 Å². The minimum atomic E-state index is -2.41. The van der Waals surface area contributed by atoms with Gasteiger partial charge in [-0.2, -0.15) is 0 Å². The number of rotatable bonds is 6. The molecule has 14 heavy (non-hydrogen) atoms. The molecule has 0 amide bonds. The van der Waals surface area contributed by atoms with Crippen molar-refractivity contribution in [2.75, 3.05) is 6.61 Å². The average molecular weight is 204 g/mol. The second-order valence-corrected chi connectivity index (χ2v) is 3.97. The summed E-state index contributed by atoms with van der Waals surface area (Å²) in [6.07, 6.45) is 3.45. The number of hydrogen-bond acceptors (Lipinski definition) is 1.